The lowest BCUT2D eigenvalue weighted by atomic mass is 9.87. The quantitative estimate of drug-likeness (QED) is 0.709. The zero-order valence-electron chi connectivity index (χ0n) is 10.8. The first-order valence-electron chi connectivity index (χ1n) is 7.00. The van der Waals surface area contributed by atoms with Crippen molar-refractivity contribution in [2.24, 2.45) is 35.0 Å². The van der Waals surface area contributed by atoms with Crippen LogP contribution in [0.2, 0.25) is 0 Å². The maximum Gasteiger partial charge on any atom is 0.136 e. The summed E-state index contributed by atoms with van der Waals surface area (Å²) in [5.74, 6) is 4.67. The van der Waals surface area contributed by atoms with Gasteiger partial charge in [0.15, 0.2) is 0 Å². The standard InChI is InChI=1S/C15H24O/c1-15(2,3)7-6-11(16)14-12-9-4-5-10(8-9)13(12)14/h9-10,12-14H,4-8H2,1-3H3. The minimum absolute atomic E-state index is 0.318. The number of hydrogen-bond acceptors (Lipinski definition) is 1. The molecule has 0 amide bonds. The second kappa shape index (κ2) is 3.34. The predicted octanol–water partition coefficient (Wildman–Crippen LogP) is 3.67. The number of Topliss-reactive ketones (excluding diaryl/α,β-unsaturated/α-hetero) is 1. The molecule has 0 aromatic rings. The van der Waals surface area contributed by atoms with Crippen LogP contribution in [0.5, 0.6) is 0 Å². The maximum atomic E-state index is 12.2. The molecular weight excluding hydrogens is 196 g/mol. The van der Waals surface area contributed by atoms with Crippen molar-refractivity contribution < 1.29 is 4.79 Å². The van der Waals surface area contributed by atoms with Gasteiger partial charge < -0.3 is 0 Å². The van der Waals surface area contributed by atoms with E-state index in [1.807, 2.05) is 0 Å². The van der Waals surface area contributed by atoms with E-state index in [1.54, 1.807) is 0 Å². The number of fused-ring (bicyclic) bond motifs is 5. The summed E-state index contributed by atoms with van der Waals surface area (Å²) in [7, 11) is 0. The molecule has 0 radical (unpaired) electrons. The first-order chi connectivity index (χ1) is 7.47. The highest BCUT2D eigenvalue weighted by Gasteiger charge is 2.66. The van der Waals surface area contributed by atoms with Crippen LogP contribution in [0.3, 0.4) is 0 Å². The Morgan fingerprint density at radius 1 is 1.12 bits per heavy atom. The number of carbonyl (C=O) groups excluding carboxylic acids is 1. The average molecular weight is 220 g/mol. The number of hydrogen-bond donors (Lipinski definition) is 0. The smallest absolute Gasteiger partial charge is 0.136 e. The number of carbonyl (C=O) groups is 1. The molecule has 0 N–H and O–H groups in total. The van der Waals surface area contributed by atoms with Crippen LogP contribution >= 0.6 is 0 Å². The van der Waals surface area contributed by atoms with E-state index in [2.05, 4.69) is 20.8 Å². The van der Waals surface area contributed by atoms with E-state index >= 15 is 0 Å². The van der Waals surface area contributed by atoms with Crippen molar-refractivity contribution in [1.82, 2.24) is 0 Å². The van der Waals surface area contributed by atoms with Gasteiger partial charge >= 0.3 is 0 Å². The molecule has 3 fully saturated rings. The van der Waals surface area contributed by atoms with Gasteiger partial charge in [-0.1, -0.05) is 20.8 Å². The molecule has 0 saturated heterocycles. The van der Waals surface area contributed by atoms with Crippen molar-refractivity contribution in [1.29, 1.82) is 0 Å². The third-order valence-electron chi connectivity index (χ3n) is 5.23. The molecule has 0 spiro atoms. The molecule has 16 heavy (non-hydrogen) atoms. The van der Waals surface area contributed by atoms with E-state index in [0.717, 1.165) is 36.5 Å². The van der Waals surface area contributed by atoms with E-state index in [4.69, 9.17) is 0 Å². The molecule has 1 heteroatoms. The maximum absolute atomic E-state index is 12.2. The Morgan fingerprint density at radius 3 is 2.19 bits per heavy atom. The lowest BCUT2D eigenvalue weighted by molar-refractivity contribution is -0.121. The van der Waals surface area contributed by atoms with E-state index in [-0.39, 0.29) is 0 Å². The molecule has 0 aliphatic heterocycles. The van der Waals surface area contributed by atoms with Gasteiger partial charge in [-0.25, -0.2) is 0 Å². The lowest BCUT2D eigenvalue weighted by Gasteiger charge is -2.17. The molecule has 4 atom stereocenters. The fraction of sp³-hybridized carbons (Fsp3) is 0.933. The summed E-state index contributed by atoms with van der Waals surface area (Å²) in [4.78, 5) is 12.2. The van der Waals surface area contributed by atoms with Crippen LogP contribution in [0.25, 0.3) is 0 Å². The second-order valence-corrected chi connectivity index (χ2v) is 7.54. The van der Waals surface area contributed by atoms with Crippen molar-refractivity contribution in [2.45, 2.75) is 52.9 Å². The van der Waals surface area contributed by atoms with E-state index in [1.165, 1.54) is 19.3 Å². The molecule has 0 aromatic carbocycles. The van der Waals surface area contributed by atoms with Gasteiger partial charge in [0.1, 0.15) is 5.78 Å². The Bertz CT molecular complexity index is 296. The molecule has 3 rings (SSSR count). The summed E-state index contributed by atoms with van der Waals surface area (Å²) in [5, 5.41) is 0. The zero-order chi connectivity index (χ0) is 11.5. The highest BCUT2D eigenvalue weighted by molar-refractivity contribution is 5.84. The van der Waals surface area contributed by atoms with E-state index in [9.17, 15) is 4.79 Å². The highest BCUT2D eigenvalue weighted by Crippen LogP contribution is 2.69. The summed E-state index contributed by atoms with van der Waals surface area (Å²) < 4.78 is 0. The summed E-state index contributed by atoms with van der Waals surface area (Å²) >= 11 is 0. The van der Waals surface area contributed by atoms with Crippen molar-refractivity contribution >= 4 is 5.78 Å². The third-order valence-corrected chi connectivity index (χ3v) is 5.23. The van der Waals surface area contributed by atoms with Crippen molar-refractivity contribution in [3.8, 4) is 0 Å². The molecule has 3 saturated carbocycles. The SMILES string of the molecule is CC(C)(C)CCC(=O)C1C2C3CCC(C3)C12. The normalized spacial score (nSPS) is 44.6. The Labute approximate surface area is 99.0 Å². The molecule has 2 bridgehead atoms. The Hall–Kier alpha value is -0.330. The predicted molar refractivity (Wildman–Crippen MR) is 65.0 cm³/mol. The van der Waals surface area contributed by atoms with Crippen LogP contribution < -0.4 is 0 Å². The van der Waals surface area contributed by atoms with Gasteiger partial charge in [-0.05, 0) is 54.8 Å². The van der Waals surface area contributed by atoms with Gasteiger partial charge in [0.25, 0.3) is 0 Å². The fourth-order valence-corrected chi connectivity index (χ4v) is 4.42. The molecule has 90 valence electrons. The summed E-state index contributed by atoms with van der Waals surface area (Å²) in [6, 6.07) is 0. The first kappa shape index (κ1) is 10.8. The zero-order valence-corrected chi connectivity index (χ0v) is 10.8. The summed E-state index contributed by atoms with van der Waals surface area (Å²) in [6.07, 6.45) is 6.21. The van der Waals surface area contributed by atoms with Crippen LogP contribution in [0.4, 0.5) is 0 Å². The molecule has 0 aromatic heterocycles. The number of rotatable bonds is 3. The van der Waals surface area contributed by atoms with Crippen LogP contribution in [0, 0.1) is 35.0 Å². The second-order valence-electron chi connectivity index (χ2n) is 7.54. The molecule has 1 nitrogen and oxygen atoms in total. The Balaban J connectivity index is 1.55. The van der Waals surface area contributed by atoms with Gasteiger partial charge in [0.05, 0.1) is 0 Å². The van der Waals surface area contributed by atoms with Gasteiger partial charge in [-0.3, -0.25) is 4.79 Å². The third kappa shape index (κ3) is 1.63. The lowest BCUT2D eigenvalue weighted by Crippen LogP contribution is -2.13. The van der Waals surface area contributed by atoms with Crippen molar-refractivity contribution in [3.05, 3.63) is 0 Å². The monoisotopic (exact) mass is 220 g/mol. The molecular formula is C15H24O. The van der Waals surface area contributed by atoms with Crippen molar-refractivity contribution in [2.75, 3.05) is 0 Å². The summed E-state index contributed by atoms with van der Waals surface area (Å²) in [6.45, 7) is 6.70. The highest BCUT2D eigenvalue weighted by atomic mass is 16.1. The van der Waals surface area contributed by atoms with Crippen LogP contribution in [0.15, 0.2) is 0 Å². The topological polar surface area (TPSA) is 17.1 Å². The van der Waals surface area contributed by atoms with Gasteiger partial charge in [0, 0.05) is 12.3 Å². The summed E-state index contributed by atoms with van der Waals surface area (Å²) in [5.41, 5.74) is 0.318. The molecule has 3 aliphatic carbocycles. The van der Waals surface area contributed by atoms with Gasteiger partial charge in [-0.15, -0.1) is 0 Å². The van der Waals surface area contributed by atoms with E-state index in [0.29, 0.717) is 17.1 Å². The Kier molecular flexibility index (Phi) is 2.25. The van der Waals surface area contributed by atoms with Gasteiger partial charge in [-0.2, -0.15) is 0 Å². The Morgan fingerprint density at radius 2 is 1.69 bits per heavy atom. The first-order valence-corrected chi connectivity index (χ1v) is 7.00. The fourth-order valence-electron chi connectivity index (χ4n) is 4.42. The van der Waals surface area contributed by atoms with Crippen LogP contribution in [-0.4, -0.2) is 5.78 Å². The molecule has 0 heterocycles. The molecule has 4 unspecified atom stereocenters. The molecule has 3 aliphatic rings. The van der Waals surface area contributed by atoms with Crippen molar-refractivity contribution in [3.63, 3.8) is 0 Å². The number of ketones is 1. The van der Waals surface area contributed by atoms with Crippen LogP contribution in [-0.2, 0) is 4.79 Å². The minimum atomic E-state index is 0.318. The van der Waals surface area contributed by atoms with E-state index < -0.39 is 0 Å². The van der Waals surface area contributed by atoms with Gasteiger partial charge in [0.2, 0.25) is 0 Å². The largest absolute Gasteiger partial charge is 0.299 e. The minimum Gasteiger partial charge on any atom is -0.299 e. The average Bonchev–Trinajstić information content (AvgIpc) is 2.63. The van der Waals surface area contributed by atoms with Crippen LogP contribution in [0.1, 0.15) is 52.9 Å².